The maximum atomic E-state index is 9.72. The van der Waals surface area contributed by atoms with Gasteiger partial charge < -0.3 is 10.0 Å². The Morgan fingerprint density at radius 1 is 1.11 bits per heavy atom. The van der Waals surface area contributed by atoms with Crippen molar-refractivity contribution in [1.82, 2.24) is 0 Å². The van der Waals surface area contributed by atoms with Crippen molar-refractivity contribution >= 4 is 23.1 Å². The molecule has 98 valence electrons. The minimum absolute atomic E-state index is 0.418. The first kappa shape index (κ1) is 12.6. The standard InChI is InChI=1S/C16H17NOS/c1-3-17-13-6-4-5-7-15(13)19-16-10-12(11(2)18)8-9-14(16)17/h4-11,18H,3H2,1-2H3/t11-/m1/s1. The van der Waals surface area contributed by atoms with E-state index in [-0.39, 0.29) is 0 Å². The normalized spacial score (nSPS) is 14.8. The number of anilines is 2. The monoisotopic (exact) mass is 271 g/mol. The highest BCUT2D eigenvalue weighted by atomic mass is 32.2. The minimum atomic E-state index is -0.418. The Labute approximate surface area is 118 Å². The number of aliphatic hydroxyl groups excluding tert-OH is 1. The van der Waals surface area contributed by atoms with Gasteiger partial charge in [0, 0.05) is 16.3 Å². The molecule has 1 N–H and O–H groups in total. The van der Waals surface area contributed by atoms with Crippen LogP contribution in [-0.2, 0) is 0 Å². The Bertz CT molecular complexity index is 609. The first-order valence-electron chi connectivity index (χ1n) is 6.57. The van der Waals surface area contributed by atoms with Gasteiger partial charge in [0.1, 0.15) is 0 Å². The molecular formula is C16H17NOS. The lowest BCUT2D eigenvalue weighted by Crippen LogP contribution is -2.20. The molecule has 0 radical (unpaired) electrons. The molecule has 1 atom stereocenters. The highest BCUT2D eigenvalue weighted by Crippen LogP contribution is 2.48. The summed E-state index contributed by atoms with van der Waals surface area (Å²) in [5.41, 5.74) is 3.48. The van der Waals surface area contributed by atoms with Crippen molar-refractivity contribution in [3.05, 3.63) is 48.0 Å². The van der Waals surface area contributed by atoms with Crippen LogP contribution in [0, 0.1) is 0 Å². The van der Waals surface area contributed by atoms with Crippen LogP contribution in [0.3, 0.4) is 0 Å². The van der Waals surface area contributed by atoms with E-state index < -0.39 is 6.10 Å². The van der Waals surface area contributed by atoms with Crippen LogP contribution in [0.1, 0.15) is 25.5 Å². The zero-order valence-corrected chi connectivity index (χ0v) is 11.9. The number of para-hydroxylation sites is 1. The molecule has 0 spiro atoms. The molecule has 1 heterocycles. The number of benzene rings is 2. The van der Waals surface area contributed by atoms with Crippen molar-refractivity contribution in [3.63, 3.8) is 0 Å². The zero-order chi connectivity index (χ0) is 13.4. The Hall–Kier alpha value is -1.45. The summed E-state index contributed by atoms with van der Waals surface area (Å²) in [7, 11) is 0. The van der Waals surface area contributed by atoms with E-state index in [9.17, 15) is 5.11 Å². The second kappa shape index (κ2) is 4.91. The van der Waals surface area contributed by atoms with Gasteiger partial charge in [-0.2, -0.15) is 0 Å². The van der Waals surface area contributed by atoms with E-state index in [0.29, 0.717) is 0 Å². The molecule has 19 heavy (non-hydrogen) atoms. The van der Waals surface area contributed by atoms with Crippen molar-refractivity contribution in [3.8, 4) is 0 Å². The van der Waals surface area contributed by atoms with Gasteiger partial charge in [0.15, 0.2) is 0 Å². The largest absolute Gasteiger partial charge is 0.389 e. The molecule has 2 nitrogen and oxygen atoms in total. The molecule has 0 saturated carbocycles. The Morgan fingerprint density at radius 2 is 1.84 bits per heavy atom. The molecule has 1 aliphatic rings. The van der Waals surface area contributed by atoms with E-state index in [1.165, 1.54) is 21.2 Å². The van der Waals surface area contributed by atoms with E-state index in [2.05, 4.69) is 48.2 Å². The number of aliphatic hydroxyl groups is 1. The molecule has 0 aromatic heterocycles. The number of fused-ring (bicyclic) bond motifs is 2. The SMILES string of the molecule is CCN1c2ccccc2Sc2cc([C@@H](C)O)ccc21. The first-order valence-corrected chi connectivity index (χ1v) is 7.38. The van der Waals surface area contributed by atoms with Gasteiger partial charge in [-0.05, 0) is 43.7 Å². The Morgan fingerprint density at radius 3 is 2.58 bits per heavy atom. The molecule has 1 aliphatic heterocycles. The minimum Gasteiger partial charge on any atom is -0.389 e. The topological polar surface area (TPSA) is 23.5 Å². The van der Waals surface area contributed by atoms with Crippen molar-refractivity contribution in [2.24, 2.45) is 0 Å². The fourth-order valence-electron chi connectivity index (χ4n) is 2.45. The van der Waals surface area contributed by atoms with Crippen LogP contribution in [-0.4, -0.2) is 11.7 Å². The molecule has 0 fully saturated rings. The van der Waals surface area contributed by atoms with Crippen molar-refractivity contribution < 1.29 is 5.11 Å². The van der Waals surface area contributed by atoms with Crippen LogP contribution in [0.2, 0.25) is 0 Å². The molecule has 2 aromatic rings. The summed E-state index contributed by atoms with van der Waals surface area (Å²) in [6, 6.07) is 14.7. The average Bonchev–Trinajstić information content (AvgIpc) is 2.43. The van der Waals surface area contributed by atoms with Crippen LogP contribution in [0.5, 0.6) is 0 Å². The predicted octanol–water partition coefficient (Wildman–Crippen LogP) is 4.36. The van der Waals surface area contributed by atoms with E-state index in [1.807, 2.05) is 6.07 Å². The highest BCUT2D eigenvalue weighted by Gasteiger charge is 2.22. The van der Waals surface area contributed by atoms with Crippen LogP contribution in [0.4, 0.5) is 11.4 Å². The van der Waals surface area contributed by atoms with Gasteiger partial charge in [-0.15, -0.1) is 0 Å². The zero-order valence-electron chi connectivity index (χ0n) is 11.1. The van der Waals surface area contributed by atoms with E-state index in [4.69, 9.17) is 0 Å². The quantitative estimate of drug-likeness (QED) is 0.877. The Balaban J connectivity index is 2.12. The van der Waals surface area contributed by atoms with Crippen LogP contribution in [0.25, 0.3) is 0 Å². The second-order valence-electron chi connectivity index (χ2n) is 4.72. The van der Waals surface area contributed by atoms with Gasteiger partial charge in [-0.3, -0.25) is 0 Å². The molecule has 3 rings (SSSR count). The summed E-state index contributed by atoms with van der Waals surface area (Å²) in [5, 5.41) is 9.72. The molecule has 0 amide bonds. The summed E-state index contributed by atoms with van der Waals surface area (Å²) in [6.07, 6.45) is -0.418. The van der Waals surface area contributed by atoms with Crippen molar-refractivity contribution in [1.29, 1.82) is 0 Å². The van der Waals surface area contributed by atoms with E-state index in [0.717, 1.165) is 12.1 Å². The maximum absolute atomic E-state index is 9.72. The molecule has 3 heteroatoms. The molecule has 0 saturated heterocycles. The number of hydrogen-bond donors (Lipinski definition) is 1. The summed E-state index contributed by atoms with van der Waals surface area (Å²) in [6.45, 7) is 4.92. The van der Waals surface area contributed by atoms with Crippen molar-refractivity contribution in [2.45, 2.75) is 29.7 Å². The predicted molar refractivity (Wildman–Crippen MR) is 80.3 cm³/mol. The van der Waals surface area contributed by atoms with E-state index in [1.54, 1.807) is 18.7 Å². The number of hydrogen-bond acceptors (Lipinski definition) is 3. The molecule has 0 unspecified atom stereocenters. The fourth-order valence-corrected chi connectivity index (χ4v) is 3.59. The molecule has 2 aromatic carbocycles. The smallest absolute Gasteiger partial charge is 0.0762 e. The third-order valence-corrected chi connectivity index (χ3v) is 4.56. The lowest BCUT2D eigenvalue weighted by molar-refractivity contribution is 0.199. The summed E-state index contributed by atoms with van der Waals surface area (Å²) >= 11 is 1.78. The third-order valence-electron chi connectivity index (χ3n) is 3.45. The number of rotatable bonds is 2. The average molecular weight is 271 g/mol. The fraction of sp³-hybridized carbons (Fsp3) is 0.250. The summed E-state index contributed by atoms with van der Waals surface area (Å²) < 4.78 is 0. The van der Waals surface area contributed by atoms with Gasteiger partial charge in [0.05, 0.1) is 17.5 Å². The van der Waals surface area contributed by atoms with E-state index >= 15 is 0 Å². The lowest BCUT2D eigenvalue weighted by Gasteiger charge is -2.32. The lowest BCUT2D eigenvalue weighted by atomic mass is 10.1. The van der Waals surface area contributed by atoms with Crippen molar-refractivity contribution in [2.75, 3.05) is 11.4 Å². The van der Waals surface area contributed by atoms with Crippen LogP contribution < -0.4 is 4.90 Å². The highest BCUT2D eigenvalue weighted by molar-refractivity contribution is 7.99. The number of nitrogens with zero attached hydrogens (tertiary/aromatic N) is 1. The Kier molecular flexibility index (Phi) is 3.25. The second-order valence-corrected chi connectivity index (χ2v) is 5.80. The molecule has 0 aliphatic carbocycles. The van der Waals surface area contributed by atoms with Gasteiger partial charge >= 0.3 is 0 Å². The van der Waals surface area contributed by atoms with Gasteiger partial charge in [0.2, 0.25) is 0 Å². The molecular weight excluding hydrogens is 254 g/mol. The van der Waals surface area contributed by atoms with Gasteiger partial charge in [-0.25, -0.2) is 0 Å². The van der Waals surface area contributed by atoms with Gasteiger partial charge in [0.25, 0.3) is 0 Å². The maximum Gasteiger partial charge on any atom is 0.0762 e. The van der Waals surface area contributed by atoms with Crippen LogP contribution in [0.15, 0.2) is 52.3 Å². The third kappa shape index (κ3) is 2.13. The summed E-state index contributed by atoms with van der Waals surface area (Å²) in [4.78, 5) is 4.83. The summed E-state index contributed by atoms with van der Waals surface area (Å²) in [5.74, 6) is 0. The van der Waals surface area contributed by atoms with Gasteiger partial charge in [-0.1, -0.05) is 30.0 Å². The first-order chi connectivity index (χ1) is 9.20. The van der Waals surface area contributed by atoms with Crippen LogP contribution >= 0.6 is 11.8 Å². The molecule has 0 bridgehead atoms.